The molecule has 1 rings (SSSR count). The van der Waals surface area contributed by atoms with Gasteiger partial charge in [0.2, 0.25) is 0 Å². The van der Waals surface area contributed by atoms with Crippen molar-refractivity contribution < 1.29 is 9.52 Å². The number of rotatable bonds is 11. The molecule has 0 saturated heterocycles. The Balaban J connectivity index is 0.00000529. The lowest BCUT2D eigenvalue weighted by Crippen LogP contribution is -2.41. The van der Waals surface area contributed by atoms with E-state index in [1.54, 1.807) is 6.26 Å². The summed E-state index contributed by atoms with van der Waals surface area (Å²) in [6.07, 6.45) is 5.63. The van der Waals surface area contributed by atoms with Crippen LogP contribution in [0.4, 0.5) is 0 Å². The summed E-state index contributed by atoms with van der Waals surface area (Å²) >= 11 is 0. The highest BCUT2D eigenvalue weighted by atomic mass is 127. The summed E-state index contributed by atoms with van der Waals surface area (Å²) in [7, 11) is 0. The first kappa shape index (κ1) is 23.2. The van der Waals surface area contributed by atoms with Crippen LogP contribution in [0, 0.1) is 11.8 Å². The number of furan rings is 1. The van der Waals surface area contributed by atoms with Gasteiger partial charge in [-0.05, 0) is 36.8 Å². The van der Waals surface area contributed by atoms with E-state index in [4.69, 9.17) is 9.52 Å². The zero-order chi connectivity index (χ0) is 16.9. The molecule has 0 amide bonds. The lowest BCUT2D eigenvalue weighted by Gasteiger charge is -2.18. The van der Waals surface area contributed by atoms with E-state index >= 15 is 0 Å². The van der Waals surface area contributed by atoms with Crippen molar-refractivity contribution in [3.05, 3.63) is 24.2 Å². The lowest BCUT2D eigenvalue weighted by molar-refractivity contribution is 0.251. The fourth-order valence-corrected chi connectivity index (χ4v) is 2.39. The molecule has 0 bridgehead atoms. The second kappa shape index (κ2) is 14.6. The SMILES string of the molecule is CCCC(CCO)CNC(=NCC(C)C)NCCc1ccco1.I. The molecule has 0 saturated carbocycles. The number of aliphatic imine (C=N–C) groups is 1. The normalized spacial score (nSPS) is 12.8. The van der Waals surface area contributed by atoms with E-state index in [0.717, 1.165) is 57.0 Å². The molecular formula is C18H34IN3O2. The maximum Gasteiger partial charge on any atom is 0.191 e. The van der Waals surface area contributed by atoms with Gasteiger partial charge in [0.15, 0.2) is 5.96 Å². The molecule has 0 aliphatic rings. The summed E-state index contributed by atoms with van der Waals surface area (Å²) in [5.41, 5.74) is 0. The quantitative estimate of drug-likeness (QED) is 0.274. The third kappa shape index (κ3) is 10.9. The van der Waals surface area contributed by atoms with Crippen molar-refractivity contribution in [3.63, 3.8) is 0 Å². The molecule has 1 aromatic heterocycles. The monoisotopic (exact) mass is 451 g/mol. The van der Waals surface area contributed by atoms with E-state index in [-0.39, 0.29) is 30.6 Å². The van der Waals surface area contributed by atoms with Crippen molar-refractivity contribution in [1.82, 2.24) is 10.6 Å². The van der Waals surface area contributed by atoms with Crippen LogP contribution in [-0.2, 0) is 6.42 Å². The summed E-state index contributed by atoms with van der Waals surface area (Å²) in [4.78, 5) is 4.64. The van der Waals surface area contributed by atoms with Gasteiger partial charge in [-0.25, -0.2) is 0 Å². The first-order valence-electron chi connectivity index (χ1n) is 8.81. The molecule has 1 unspecified atom stereocenters. The van der Waals surface area contributed by atoms with Gasteiger partial charge in [0.25, 0.3) is 0 Å². The van der Waals surface area contributed by atoms with Gasteiger partial charge in [-0.1, -0.05) is 27.2 Å². The average Bonchev–Trinajstić information content (AvgIpc) is 3.02. The predicted molar refractivity (Wildman–Crippen MR) is 111 cm³/mol. The van der Waals surface area contributed by atoms with Crippen molar-refractivity contribution in [2.75, 3.05) is 26.2 Å². The molecule has 0 radical (unpaired) electrons. The van der Waals surface area contributed by atoms with Crippen LogP contribution in [0.1, 0.15) is 45.8 Å². The minimum atomic E-state index is 0. The van der Waals surface area contributed by atoms with Crippen LogP contribution in [0.2, 0.25) is 0 Å². The van der Waals surface area contributed by atoms with Gasteiger partial charge in [0, 0.05) is 32.7 Å². The van der Waals surface area contributed by atoms with E-state index < -0.39 is 0 Å². The Kier molecular flexibility index (Phi) is 14.1. The van der Waals surface area contributed by atoms with E-state index in [9.17, 15) is 0 Å². The van der Waals surface area contributed by atoms with Crippen LogP contribution in [0.25, 0.3) is 0 Å². The Bertz CT molecular complexity index is 416. The Morgan fingerprint density at radius 1 is 1.29 bits per heavy atom. The zero-order valence-corrected chi connectivity index (χ0v) is 17.6. The molecule has 1 aromatic rings. The van der Waals surface area contributed by atoms with Gasteiger partial charge in [-0.3, -0.25) is 4.99 Å². The fraction of sp³-hybridized carbons (Fsp3) is 0.722. The van der Waals surface area contributed by atoms with E-state index in [1.165, 1.54) is 0 Å². The van der Waals surface area contributed by atoms with Crippen LogP contribution in [0.15, 0.2) is 27.8 Å². The van der Waals surface area contributed by atoms with Gasteiger partial charge >= 0.3 is 0 Å². The Morgan fingerprint density at radius 2 is 2.08 bits per heavy atom. The summed E-state index contributed by atoms with van der Waals surface area (Å²) < 4.78 is 5.35. The second-order valence-electron chi connectivity index (χ2n) is 6.39. The predicted octanol–water partition coefficient (Wildman–Crippen LogP) is 3.43. The number of nitrogens with zero attached hydrogens (tertiary/aromatic N) is 1. The van der Waals surface area contributed by atoms with Crippen molar-refractivity contribution in [2.45, 2.75) is 46.5 Å². The number of halogens is 1. The number of aliphatic hydroxyl groups is 1. The van der Waals surface area contributed by atoms with E-state index in [1.807, 2.05) is 12.1 Å². The molecule has 0 aromatic carbocycles. The minimum absolute atomic E-state index is 0. The highest BCUT2D eigenvalue weighted by Gasteiger charge is 2.09. The van der Waals surface area contributed by atoms with Crippen LogP contribution in [0.3, 0.4) is 0 Å². The maximum absolute atomic E-state index is 9.17. The Hall–Kier alpha value is -0.760. The smallest absolute Gasteiger partial charge is 0.191 e. The lowest BCUT2D eigenvalue weighted by atomic mass is 10.0. The molecule has 6 heteroatoms. The van der Waals surface area contributed by atoms with Crippen molar-refractivity contribution in [3.8, 4) is 0 Å². The van der Waals surface area contributed by atoms with Crippen LogP contribution < -0.4 is 10.6 Å². The minimum Gasteiger partial charge on any atom is -0.469 e. The number of aliphatic hydroxyl groups excluding tert-OH is 1. The van der Waals surface area contributed by atoms with Gasteiger partial charge in [0.1, 0.15) is 5.76 Å². The highest BCUT2D eigenvalue weighted by Crippen LogP contribution is 2.09. The largest absolute Gasteiger partial charge is 0.469 e. The van der Waals surface area contributed by atoms with E-state index in [0.29, 0.717) is 11.8 Å². The van der Waals surface area contributed by atoms with Crippen LogP contribution >= 0.6 is 24.0 Å². The van der Waals surface area contributed by atoms with Crippen LogP contribution in [0.5, 0.6) is 0 Å². The first-order chi connectivity index (χ1) is 11.2. The van der Waals surface area contributed by atoms with Crippen molar-refractivity contribution in [1.29, 1.82) is 0 Å². The molecule has 0 fully saturated rings. The number of guanidine groups is 1. The van der Waals surface area contributed by atoms with Crippen molar-refractivity contribution in [2.24, 2.45) is 16.8 Å². The highest BCUT2D eigenvalue weighted by molar-refractivity contribution is 14.0. The zero-order valence-electron chi connectivity index (χ0n) is 15.3. The number of nitrogens with one attached hydrogen (secondary N) is 2. The van der Waals surface area contributed by atoms with Crippen molar-refractivity contribution >= 4 is 29.9 Å². The second-order valence-corrected chi connectivity index (χ2v) is 6.39. The molecular weight excluding hydrogens is 417 g/mol. The summed E-state index contributed by atoms with van der Waals surface area (Å²) in [5, 5.41) is 16.0. The average molecular weight is 451 g/mol. The molecule has 140 valence electrons. The fourth-order valence-electron chi connectivity index (χ4n) is 2.39. The molecule has 0 spiro atoms. The van der Waals surface area contributed by atoms with Gasteiger partial charge in [-0.15, -0.1) is 24.0 Å². The number of hydrogen-bond donors (Lipinski definition) is 3. The molecule has 5 nitrogen and oxygen atoms in total. The summed E-state index contributed by atoms with van der Waals surface area (Å²) in [6, 6.07) is 3.89. The van der Waals surface area contributed by atoms with Gasteiger partial charge in [-0.2, -0.15) is 0 Å². The number of hydrogen-bond acceptors (Lipinski definition) is 3. The standard InChI is InChI=1S/C18H33N3O2.HI/c1-4-6-16(9-11-22)14-21-18(20-13-15(2)3)19-10-8-17-7-5-12-23-17;/h5,7,12,15-16,22H,4,6,8-11,13-14H2,1-3H3,(H2,19,20,21);1H. The first-order valence-corrected chi connectivity index (χ1v) is 8.81. The molecule has 0 aliphatic heterocycles. The molecule has 0 aliphatic carbocycles. The van der Waals surface area contributed by atoms with Gasteiger partial charge < -0.3 is 20.2 Å². The third-order valence-electron chi connectivity index (χ3n) is 3.65. The van der Waals surface area contributed by atoms with E-state index in [2.05, 4.69) is 36.4 Å². The molecule has 3 N–H and O–H groups in total. The Labute approximate surface area is 163 Å². The maximum atomic E-state index is 9.17. The van der Waals surface area contributed by atoms with Crippen LogP contribution in [-0.4, -0.2) is 37.3 Å². The molecule has 1 atom stereocenters. The molecule has 24 heavy (non-hydrogen) atoms. The Morgan fingerprint density at radius 3 is 2.67 bits per heavy atom. The summed E-state index contributed by atoms with van der Waals surface area (Å²) in [5.74, 6) is 2.85. The topological polar surface area (TPSA) is 69.8 Å². The third-order valence-corrected chi connectivity index (χ3v) is 3.65. The van der Waals surface area contributed by atoms with Gasteiger partial charge in [0.05, 0.1) is 6.26 Å². The molecule has 1 heterocycles. The summed E-state index contributed by atoms with van der Waals surface area (Å²) in [6.45, 7) is 9.19.